The number of amides is 2. The normalized spacial score (nSPS) is 37.9. The summed E-state index contributed by atoms with van der Waals surface area (Å²) in [5.74, 6) is -3.27. The van der Waals surface area contributed by atoms with Crippen LogP contribution in [0.4, 0.5) is 0 Å². The standard InChI is InChI=1S/C21H32O6.C18H26O7.C17H29NO4.C16H26O6.C15H25NO6S.C15H24O5/c1-10-11(2)13-8-12(10)14(15(13)18(23)27-20(3,4)5)17(22)26-16-19(24)25-9-21(16,6)7;1-4-22-8-24-17(20)15-12-6-13(10(3)9(12)2)16(15)18(21)25-11-5-14(19)23-7-11;1-9-10(2)12-8-11(9)13(15(20)18-6-7-19)14(12)16(21)22-17(3,4)5;1-4-20-8-22-16(19)14-12-7-11(9(2)10(12)3)13(14)15(18)21-6-5-17;1-5-20-7-21-15(18)13-11-6-10(8(2)9(11)3)12(13)14(17)16-23-22-19-4;1-5-19-7-20-15(17)13-11-6-10(8(2)9(11)3)12(13)14(16)18-4/h10-16H,8-9H2,1-7H3;9-13,15-16H,4-8H2,1-3H3;9-14,19H,6-8H2,1-5H3,(H,18,20);9-14,17H,4-8H2,1-3H3;8-13H,5-7H2,1-4H3,(H,16,17);8-13H,5-7H2,1-4H3. The maximum Gasteiger partial charge on any atom is 0.348 e. The lowest BCUT2D eigenvalue weighted by Gasteiger charge is -2.37. The molecule has 4 N–H and O–H groups in total. The van der Waals surface area contributed by atoms with Gasteiger partial charge in [0.25, 0.3) is 0 Å². The number of nitrogens with one attached hydrogen (secondary N) is 2. The summed E-state index contributed by atoms with van der Waals surface area (Å²) in [6.07, 6.45) is 3.84. The molecular formula is C102H162N2O34S. The second kappa shape index (κ2) is 50.4. The van der Waals surface area contributed by atoms with Gasteiger partial charge in [0.15, 0.2) is 39.4 Å². The van der Waals surface area contributed by atoms with Crippen molar-refractivity contribution in [2.75, 3.05) is 107 Å². The van der Waals surface area contributed by atoms with Gasteiger partial charge in [-0.1, -0.05) is 96.9 Å². The van der Waals surface area contributed by atoms with Gasteiger partial charge < -0.3 is 91.3 Å². The van der Waals surface area contributed by atoms with Crippen LogP contribution in [0.1, 0.15) is 211 Å². The predicted octanol–water partition coefficient (Wildman–Crippen LogP) is 11.1. The van der Waals surface area contributed by atoms with Crippen molar-refractivity contribution in [1.29, 1.82) is 0 Å². The Labute approximate surface area is 824 Å². The maximum atomic E-state index is 13.1. The average molecular weight is 1990 g/mol. The zero-order chi connectivity index (χ0) is 103. The van der Waals surface area contributed by atoms with Crippen LogP contribution in [0, 0.1) is 218 Å². The molecule has 14 aliphatic rings. The minimum absolute atomic E-state index is 0.0304. The Morgan fingerprint density at radius 1 is 0.381 bits per heavy atom. The molecule has 0 aromatic heterocycles. The summed E-state index contributed by atoms with van der Waals surface area (Å²) < 4.78 is 90.5. The molecule has 2 aliphatic heterocycles. The third-order valence-corrected chi connectivity index (χ3v) is 34.8. The molecule has 38 unspecified atom stereocenters. The van der Waals surface area contributed by atoms with Gasteiger partial charge in [0.2, 0.25) is 17.9 Å². The van der Waals surface area contributed by atoms with E-state index in [1.54, 1.807) is 0 Å². The molecule has 12 aliphatic carbocycles. The number of aliphatic hydroxyl groups is 2. The molecule has 12 saturated carbocycles. The van der Waals surface area contributed by atoms with Crippen LogP contribution in [-0.4, -0.2) is 224 Å². The summed E-state index contributed by atoms with van der Waals surface area (Å²) >= 11 is 0.714. The topological polar surface area (TPSA) is 470 Å². The second-order valence-electron chi connectivity index (χ2n) is 43.9. The van der Waals surface area contributed by atoms with Crippen molar-refractivity contribution >= 4 is 95.7 Å². The zero-order valence-electron chi connectivity index (χ0n) is 86.7. The van der Waals surface area contributed by atoms with Crippen molar-refractivity contribution in [3.05, 3.63) is 0 Å². The van der Waals surface area contributed by atoms with Crippen LogP contribution in [0.15, 0.2) is 0 Å². The number of methoxy groups -OCH3 is 1. The first-order valence-corrected chi connectivity index (χ1v) is 51.3. The van der Waals surface area contributed by atoms with Crippen molar-refractivity contribution in [3.63, 3.8) is 0 Å². The minimum atomic E-state index is -0.920. The van der Waals surface area contributed by atoms with Gasteiger partial charge in [0.1, 0.15) is 37.1 Å². The lowest BCUT2D eigenvalue weighted by molar-refractivity contribution is -0.178. The van der Waals surface area contributed by atoms with Crippen LogP contribution < -0.4 is 10.0 Å². The van der Waals surface area contributed by atoms with E-state index in [2.05, 4.69) is 102 Å². The fourth-order valence-electron chi connectivity index (χ4n) is 26.6. The predicted molar refractivity (Wildman–Crippen MR) is 498 cm³/mol. The van der Waals surface area contributed by atoms with Gasteiger partial charge in [0, 0.05) is 38.4 Å². The van der Waals surface area contributed by atoms with E-state index in [0.29, 0.717) is 110 Å². The SMILES string of the molecule is CC1C(C)C2CC1C(C(=O)NCCO)C2C(=O)OC(C)(C)C.CC1C(C)C2CC1C(C(=O)OC1C(=O)OCC1(C)C)C2C(=O)OC(C)(C)C.CCOCOC(=O)C1C2CC(C(C)C2C)C1C(=O)NSOOC.CCOCOC(=O)C1C2CC(C(C)C2C)C1C(=O)OC.CCOCOC(=O)C1C2CC(C(C)C2C)C1C(=O)OC1COC(=O)C1.CCOCOC(=O)C1C2CC(C(C)C2C)C1C(=O)OCCO. The number of esters is 12. The van der Waals surface area contributed by atoms with E-state index >= 15 is 0 Å². The number of fused-ring (bicyclic) bond motifs is 12. The van der Waals surface area contributed by atoms with E-state index in [1.165, 1.54) is 14.2 Å². The van der Waals surface area contributed by atoms with Gasteiger partial charge in [-0.05, 0) is 250 Å². The minimum Gasteiger partial charge on any atom is -0.469 e. The molecule has 37 heteroatoms. The highest BCUT2D eigenvalue weighted by molar-refractivity contribution is 7.93. The van der Waals surface area contributed by atoms with E-state index < -0.39 is 100 Å². The van der Waals surface area contributed by atoms with Gasteiger partial charge in [-0.25, -0.2) is 9.68 Å². The summed E-state index contributed by atoms with van der Waals surface area (Å²) in [5.41, 5.74) is -1.72. The first-order chi connectivity index (χ1) is 65.5. The molecular weight excluding hydrogens is 1830 g/mol. The second-order valence-corrected chi connectivity index (χ2v) is 44.4. The molecule has 36 nitrogen and oxygen atoms in total. The monoisotopic (exact) mass is 1990 g/mol. The third-order valence-electron chi connectivity index (χ3n) is 34.3. The number of hydrogen-bond acceptors (Lipinski definition) is 35. The van der Waals surface area contributed by atoms with Crippen molar-refractivity contribution in [2.45, 2.75) is 235 Å². The first-order valence-electron chi connectivity index (χ1n) is 50.6. The molecule has 0 aromatic carbocycles. The Kier molecular flexibility index (Phi) is 41.8. The molecule has 14 fully saturated rings. The van der Waals surface area contributed by atoms with Crippen LogP contribution in [0.25, 0.3) is 0 Å². The number of hydrogen-bond donors (Lipinski definition) is 4. The van der Waals surface area contributed by atoms with Gasteiger partial charge in [-0.15, -0.1) is 4.33 Å². The summed E-state index contributed by atoms with van der Waals surface area (Å²) in [6.45, 7) is 49.6. The smallest absolute Gasteiger partial charge is 0.348 e. The van der Waals surface area contributed by atoms with Crippen LogP contribution in [0.2, 0.25) is 0 Å². The van der Waals surface area contributed by atoms with Gasteiger partial charge >= 0.3 is 71.6 Å². The molecule has 2 saturated heterocycles. The highest BCUT2D eigenvalue weighted by Crippen LogP contribution is 2.65. The number of carbonyl (C=O) groups is 14. The van der Waals surface area contributed by atoms with Gasteiger partial charge in [-0.3, -0.25) is 67.1 Å². The van der Waals surface area contributed by atoms with Gasteiger partial charge in [-0.2, -0.15) is 0 Å². The summed E-state index contributed by atoms with van der Waals surface area (Å²) in [7, 11) is 2.74. The Bertz CT molecular complexity index is 4150. The van der Waals surface area contributed by atoms with Gasteiger partial charge in [0.05, 0.1) is 105 Å². The summed E-state index contributed by atoms with van der Waals surface area (Å²) in [4.78, 5) is 178. The fraction of sp³-hybridized carbons (Fsp3) is 0.863. The molecule has 139 heavy (non-hydrogen) atoms. The van der Waals surface area contributed by atoms with Crippen LogP contribution >= 0.6 is 12.2 Å². The Hall–Kier alpha value is -7.39. The molecule has 12 bridgehead atoms. The molecule has 0 radical (unpaired) electrons. The summed E-state index contributed by atoms with van der Waals surface area (Å²) in [5, 5.41) is 20.5. The van der Waals surface area contributed by atoms with E-state index in [0.717, 1.165) is 38.5 Å². The van der Waals surface area contributed by atoms with E-state index in [1.807, 2.05) is 83.1 Å². The van der Waals surface area contributed by atoms with Crippen LogP contribution in [-0.2, 0) is 152 Å². The van der Waals surface area contributed by atoms with E-state index in [9.17, 15) is 67.1 Å². The molecule has 790 valence electrons. The first kappa shape index (κ1) is 115. The largest absolute Gasteiger partial charge is 0.469 e. The lowest BCUT2D eigenvalue weighted by atomic mass is 9.69. The van der Waals surface area contributed by atoms with E-state index in [-0.39, 0.29) is 227 Å². The Morgan fingerprint density at radius 3 is 0.950 bits per heavy atom. The average Bonchev–Trinajstić information content (AvgIpc) is 1.48. The lowest BCUT2D eigenvalue weighted by Crippen LogP contribution is -2.47. The van der Waals surface area contributed by atoms with Crippen LogP contribution in [0.5, 0.6) is 0 Å². The molecule has 38 atom stereocenters. The highest BCUT2D eigenvalue weighted by atomic mass is 32.2. The van der Waals surface area contributed by atoms with Crippen molar-refractivity contribution in [3.8, 4) is 0 Å². The molecule has 0 spiro atoms. The molecule has 0 aromatic rings. The highest BCUT2D eigenvalue weighted by Gasteiger charge is 2.68. The fourth-order valence-corrected chi connectivity index (χ4v) is 26.9. The maximum absolute atomic E-state index is 13.1. The number of ether oxygens (including phenoxy) is 16. The molecule has 2 heterocycles. The van der Waals surface area contributed by atoms with Crippen molar-refractivity contribution in [1.82, 2.24) is 10.0 Å². The Morgan fingerprint density at radius 2 is 0.669 bits per heavy atom. The van der Waals surface area contributed by atoms with E-state index in [4.69, 9.17) is 86.0 Å². The van der Waals surface area contributed by atoms with Crippen molar-refractivity contribution < 1.29 is 162 Å². The summed E-state index contributed by atoms with van der Waals surface area (Å²) in [6, 6.07) is 0. The number of carbonyl (C=O) groups excluding carboxylic acids is 14. The zero-order valence-corrected chi connectivity index (χ0v) is 87.5. The van der Waals surface area contributed by atoms with Crippen LogP contribution in [0.3, 0.4) is 0 Å². The van der Waals surface area contributed by atoms with Crippen molar-refractivity contribution in [2.24, 2.45) is 218 Å². The third kappa shape index (κ3) is 26.3. The number of cyclic esters (lactones) is 2. The quantitative estimate of drug-likeness (QED) is 0.00693. The Balaban J connectivity index is 0.000000187. The number of aliphatic hydroxyl groups excluding tert-OH is 2. The molecule has 14 rings (SSSR count). The molecule has 2 amide bonds. The number of rotatable bonds is 33.